The second-order valence-corrected chi connectivity index (χ2v) is 9.20. The Morgan fingerprint density at radius 1 is 0.828 bits per heavy atom. The van der Waals surface area contributed by atoms with Crippen molar-refractivity contribution < 1.29 is 17.9 Å². The molecule has 5 nitrogen and oxygen atoms in total. The molecule has 0 unspecified atom stereocenters. The normalized spacial score (nSPS) is 11.2. The van der Waals surface area contributed by atoms with Gasteiger partial charge in [0.05, 0.1) is 11.5 Å². The minimum Gasteiger partial charge on any atom is -0.494 e. The van der Waals surface area contributed by atoms with Crippen molar-refractivity contribution >= 4 is 37.6 Å². The topological polar surface area (TPSA) is 64.6 Å². The molecule has 0 aliphatic heterocycles. The van der Waals surface area contributed by atoms with Gasteiger partial charge in [-0.1, -0.05) is 27.5 Å². The summed E-state index contributed by atoms with van der Waals surface area (Å²) in [5.41, 5.74) is 0. The lowest BCUT2D eigenvalue weighted by Crippen LogP contribution is -2.25. The van der Waals surface area contributed by atoms with Crippen LogP contribution >= 0.6 is 27.5 Å². The standard InChI is InChI=1S/C21H19BrClNO4S/c22-16-2-6-19(7-3-16)28-20-10-8-18(9-11-20)27-15-1-14-24-29(25,26)21-12-4-17(23)5-13-21/h2-13,24H,1,14-15H2. The molecular weight excluding hydrogens is 478 g/mol. The van der Waals surface area contributed by atoms with E-state index in [1.165, 1.54) is 12.1 Å². The molecule has 29 heavy (non-hydrogen) atoms. The van der Waals surface area contributed by atoms with Gasteiger partial charge in [0.1, 0.15) is 17.2 Å². The molecule has 0 fully saturated rings. The Labute approximate surface area is 183 Å². The fraction of sp³-hybridized carbons (Fsp3) is 0.143. The summed E-state index contributed by atoms with van der Waals surface area (Å²) in [4.78, 5) is 0.184. The summed E-state index contributed by atoms with van der Waals surface area (Å²) in [5.74, 6) is 2.14. The molecule has 3 aromatic rings. The highest BCUT2D eigenvalue weighted by molar-refractivity contribution is 9.10. The Kier molecular flexibility index (Phi) is 7.55. The third kappa shape index (κ3) is 6.75. The first-order chi connectivity index (χ1) is 13.9. The van der Waals surface area contributed by atoms with E-state index in [-0.39, 0.29) is 11.4 Å². The van der Waals surface area contributed by atoms with Gasteiger partial charge in [0, 0.05) is 16.0 Å². The van der Waals surface area contributed by atoms with Crippen LogP contribution in [0.1, 0.15) is 6.42 Å². The van der Waals surface area contributed by atoms with E-state index in [1.807, 2.05) is 48.5 Å². The maximum Gasteiger partial charge on any atom is 0.240 e. The molecule has 1 N–H and O–H groups in total. The van der Waals surface area contributed by atoms with Crippen LogP contribution in [0, 0.1) is 0 Å². The smallest absolute Gasteiger partial charge is 0.240 e. The number of benzene rings is 3. The maximum atomic E-state index is 12.2. The average Bonchev–Trinajstić information content (AvgIpc) is 2.71. The number of ether oxygens (including phenoxy) is 2. The molecule has 8 heteroatoms. The molecule has 0 amide bonds. The zero-order valence-corrected chi connectivity index (χ0v) is 18.5. The highest BCUT2D eigenvalue weighted by Gasteiger charge is 2.12. The van der Waals surface area contributed by atoms with Crippen molar-refractivity contribution in [3.8, 4) is 17.2 Å². The van der Waals surface area contributed by atoms with Crippen LogP contribution < -0.4 is 14.2 Å². The third-order valence-corrected chi connectivity index (χ3v) is 6.14. The lowest BCUT2D eigenvalue weighted by Gasteiger charge is -2.09. The van der Waals surface area contributed by atoms with Gasteiger partial charge in [0.25, 0.3) is 0 Å². The van der Waals surface area contributed by atoms with Crippen molar-refractivity contribution in [1.82, 2.24) is 4.72 Å². The van der Waals surface area contributed by atoms with Crippen LogP contribution in [0.25, 0.3) is 0 Å². The number of hydrogen-bond acceptors (Lipinski definition) is 4. The molecule has 0 spiro atoms. The Hall–Kier alpha value is -2.06. The van der Waals surface area contributed by atoms with Crippen LogP contribution in [0.3, 0.4) is 0 Å². The van der Waals surface area contributed by atoms with Crippen LogP contribution in [0.5, 0.6) is 17.2 Å². The predicted octanol–water partition coefficient (Wildman–Crippen LogP) is 5.64. The number of nitrogens with one attached hydrogen (secondary N) is 1. The summed E-state index contributed by atoms with van der Waals surface area (Å²) in [6.45, 7) is 0.659. The average molecular weight is 497 g/mol. The van der Waals surface area contributed by atoms with E-state index >= 15 is 0 Å². The van der Waals surface area contributed by atoms with Crippen molar-refractivity contribution in [2.24, 2.45) is 0 Å². The van der Waals surface area contributed by atoms with Crippen molar-refractivity contribution in [3.63, 3.8) is 0 Å². The van der Waals surface area contributed by atoms with E-state index in [9.17, 15) is 8.42 Å². The summed E-state index contributed by atoms with van der Waals surface area (Å²) in [6.07, 6.45) is 0.532. The second-order valence-electron chi connectivity index (χ2n) is 6.08. The first-order valence-electron chi connectivity index (χ1n) is 8.84. The molecule has 0 saturated heterocycles. The number of sulfonamides is 1. The molecular formula is C21H19BrClNO4S. The summed E-state index contributed by atoms with van der Waals surface area (Å²) in [5, 5.41) is 0.491. The monoisotopic (exact) mass is 495 g/mol. The van der Waals surface area contributed by atoms with Crippen molar-refractivity contribution in [1.29, 1.82) is 0 Å². The molecule has 0 bridgehead atoms. The largest absolute Gasteiger partial charge is 0.494 e. The van der Waals surface area contributed by atoms with E-state index in [0.717, 1.165) is 10.2 Å². The van der Waals surface area contributed by atoms with E-state index in [1.54, 1.807) is 12.1 Å². The van der Waals surface area contributed by atoms with E-state index in [0.29, 0.717) is 29.5 Å². The van der Waals surface area contributed by atoms with Crippen molar-refractivity contribution in [3.05, 3.63) is 82.3 Å². The van der Waals surface area contributed by atoms with Crippen molar-refractivity contribution in [2.75, 3.05) is 13.2 Å². The van der Waals surface area contributed by atoms with Crippen LogP contribution in [0.4, 0.5) is 0 Å². The highest BCUT2D eigenvalue weighted by Crippen LogP contribution is 2.25. The first-order valence-corrected chi connectivity index (χ1v) is 11.5. The van der Waals surface area contributed by atoms with Gasteiger partial charge in [-0.05, 0) is 79.2 Å². The molecule has 3 aromatic carbocycles. The van der Waals surface area contributed by atoms with E-state index in [4.69, 9.17) is 21.1 Å². The molecule has 0 atom stereocenters. The van der Waals surface area contributed by atoms with Gasteiger partial charge in [0.2, 0.25) is 10.0 Å². The SMILES string of the molecule is O=S(=O)(NCCCOc1ccc(Oc2ccc(Br)cc2)cc1)c1ccc(Cl)cc1. The van der Waals surface area contributed by atoms with Gasteiger partial charge >= 0.3 is 0 Å². The zero-order chi connectivity index (χ0) is 20.7. The van der Waals surface area contributed by atoms with Crippen molar-refractivity contribution in [2.45, 2.75) is 11.3 Å². The van der Waals surface area contributed by atoms with Crippen LogP contribution in [-0.4, -0.2) is 21.6 Å². The first kappa shape index (κ1) is 21.6. The molecule has 0 aromatic heterocycles. The summed E-state index contributed by atoms with van der Waals surface area (Å²) in [6, 6.07) is 20.9. The fourth-order valence-corrected chi connectivity index (χ4v) is 3.87. The molecule has 0 aliphatic rings. The van der Waals surface area contributed by atoms with E-state index in [2.05, 4.69) is 20.7 Å². The molecule has 0 heterocycles. The van der Waals surface area contributed by atoms with Crippen LogP contribution in [0.2, 0.25) is 5.02 Å². The molecule has 0 saturated carbocycles. The van der Waals surface area contributed by atoms with Gasteiger partial charge < -0.3 is 9.47 Å². The van der Waals surface area contributed by atoms with E-state index < -0.39 is 10.0 Å². The predicted molar refractivity (Wildman–Crippen MR) is 117 cm³/mol. The maximum absolute atomic E-state index is 12.2. The summed E-state index contributed by atoms with van der Waals surface area (Å²) < 4.78 is 39.3. The Balaban J connectivity index is 1.41. The van der Waals surface area contributed by atoms with Gasteiger partial charge in [-0.25, -0.2) is 13.1 Å². The minimum atomic E-state index is -3.54. The molecule has 152 valence electrons. The molecule has 3 rings (SSSR count). The zero-order valence-electron chi connectivity index (χ0n) is 15.3. The van der Waals surface area contributed by atoms with Gasteiger partial charge in [-0.2, -0.15) is 0 Å². The Morgan fingerprint density at radius 2 is 1.38 bits per heavy atom. The number of rotatable bonds is 9. The van der Waals surface area contributed by atoms with Gasteiger partial charge in [-0.15, -0.1) is 0 Å². The minimum absolute atomic E-state index is 0.184. The van der Waals surface area contributed by atoms with Crippen LogP contribution in [-0.2, 0) is 10.0 Å². The number of halogens is 2. The van der Waals surface area contributed by atoms with Crippen LogP contribution in [0.15, 0.2) is 82.2 Å². The Morgan fingerprint density at radius 3 is 2.00 bits per heavy atom. The second kappa shape index (κ2) is 10.1. The van der Waals surface area contributed by atoms with Gasteiger partial charge in [-0.3, -0.25) is 0 Å². The summed E-state index contributed by atoms with van der Waals surface area (Å²) >= 11 is 9.17. The fourth-order valence-electron chi connectivity index (χ4n) is 2.41. The molecule has 0 radical (unpaired) electrons. The third-order valence-electron chi connectivity index (χ3n) is 3.88. The van der Waals surface area contributed by atoms with Gasteiger partial charge in [0.15, 0.2) is 0 Å². The lowest BCUT2D eigenvalue weighted by atomic mass is 10.3. The Bertz CT molecular complexity index is 1020. The lowest BCUT2D eigenvalue weighted by molar-refractivity contribution is 0.311. The number of hydrogen-bond donors (Lipinski definition) is 1. The quantitative estimate of drug-likeness (QED) is 0.389. The summed E-state index contributed by atoms with van der Waals surface area (Å²) in [7, 11) is -3.54. The highest BCUT2D eigenvalue weighted by atomic mass is 79.9. The molecule has 0 aliphatic carbocycles.